The van der Waals surface area contributed by atoms with Crippen LogP contribution in [0.4, 0.5) is 18.9 Å². The highest BCUT2D eigenvalue weighted by molar-refractivity contribution is 5.94. The van der Waals surface area contributed by atoms with Crippen molar-refractivity contribution in [1.29, 1.82) is 0 Å². The lowest BCUT2D eigenvalue weighted by atomic mass is 9.99. The average Bonchev–Trinajstić information content (AvgIpc) is 2.48. The molecule has 0 aliphatic carbocycles. The summed E-state index contributed by atoms with van der Waals surface area (Å²) in [5.74, 6) is -4.01. The number of carbonyl (C=O) groups excluding carboxylic acids is 1. The van der Waals surface area contributed by atoms with Crippen molar-refractivity contribution in [2.24, 2.45) is 0 Å². The van der Waals surface area contributed by atoms with Gasteiger partial charge in [0.2, 0.25) is 5.91 Å². The van der Waals surface area contributed by atoms with Crippen LogP contribution >= 0.6 is 0 Å². The zero-order valence-corrected chi connectivity index (χ0v) is 10.7. The minimum Gasteiger partial charge on any atom is -0.355 e. The SMILES string of the molecule is CN1C(=O)CCCc2cc(C(O)(O)C(F)(F)F)ccc21. The number of amides is 1. The highest BCUT2D eigenvalue weighted by Gasteiger charge is 2.54. The fourth-order valence-electron chi connectivity index (χ4n) is 2.23. The molecule has 2 rings (SSSR count). The monoisotopic (exact) mass is 289 g/mol. The van der Waals surface area contributed by atoms with Crippen LogP contribution in [0.3, 0.4) is 0 Å². The average molecular weight is 289 g/mol. The number of hydrogen-bond donors (Lipinski definition) is 2. The zero-order chi connectivity index (χ0) is 15.1. The van der Waals surface area contributed by atoms with Crippen molar-refractivity contribution in [2.75, 3.05) is 11.9 Å². The molecule has 20 heavy (non-hydrogen) atoms. The molecule has 1 aliphatic heterocycles. The van der Waals surface area contributed by atoms with E-state index in [0.717, 1.165) is 12.1 Å². The normalized spacial score (nSPS) is 16.9. The Kier molecular flexibility index (Phi) is 3.51. The first kappa shape index (κ1) is 14.8. The molecule has 0 unspecified atom stereocenters. The van der Waals surface area contributed by atoms with Crippen LogP contribution in [0.25, 0.3) is 0 Å². The van der Waals surface area contributed by atoms with Crippen LogP contribution < -0.4 is 4.90 Å². The Morgan fingerprint density at radius 1 is 1.20 bits per heavy atom. The fourth-order valence-corrected chi connectivity index (χ4v) is 2.23. The maximum Gasteiger partial charge on any atom is 0.447 e. The molecule has 0 saturated heterocycles. The first-order chi connectivity index (χ1) is 9.14. The van der Waals surface area contributed by atoms with Crippen molar-refractivity contribution in [1.82, 2.24) is 0 Å². The van der Waals surface area contributed by atoms with Crippen LogP contribution in [-0.2, 0) is 17.0 Å². The molecule has 110 valence electrons. The summed E-state index contributed by atoms with van der Waals surface area (Å²) in [5.41, 5.74) is 0.341. The van der Waals surface area contributed by atoms with Crippen molar-refractivity contribution >= 4 is 11.6 Å². The maximum absolute atomic E-state index is 12.6. The third-order valence-corrected chi connectivity index (χ3v) is 3.45. The van der Waals surface area contributed by atoms with Gasteiger partial charge in [0.15, 0.2) is 0 Å². The van der Waals surface area contributed by atoms with Gasteiger partial charge in [-0.05, 0) is 30.5 Å². The molecule has 0 bridgehead atoms. The Morgan fingerprint density at radius 2 is 1.85 bits per heavy atom. The maximum atomic E-state index is 12.6. The Labute approximate surface area is 113 Å². The van der Waals surface area contributed by atoms with Gasteiger partial charge in [0.25, 0.3) is 5.79 Å². The Morgan fingerprint density at radius 3 is 2.45 bits per heavy atom. The van der Waals surface area contributed by atoms with Crippen molar-refractivity contribution in [3.8, 4) is 0 Å². The lowest BCUT2D eigenvalue weighted by molar-refractivity contribution is -0.358. The molecule has 0 radical (unpaired) electrons. The molecular weight excluding hydrogens is 275 g/mol. The van der Waals surface area contributed by atoms with E-state index in [4.69, 9.17) is 0 Å². The molecule has 1 amide bonds. The van der Waals surface area contributed by atoms with Crippen LogP contribution in [0.5, 0.6) is 0 Å². The van der Waals surface area contributed by atoms with Crippen LogP contribution in [0.15, 0.2) is 18.2 Å². The van der Waals surface area contributed by atoms with Crippen molar-refractivity contribution in [3.63, 3.8) is 0 Å². The third-order valence-electron chi connectivity index (χ3n) is 3.45. The summed E-state index contributed by atoms with van der Waals surface area (Å²) < 4.78 is 37.8. The van der Waals surface area contributed by atoms with Gasteiger partial charge >= 0.3 is 6.18 Å². The summed E-state index contributed by atoms with van der Waals surface area (Å²) in [7, 11) is 1.54. The molecule has 0 aromatic heterocycles. The second kappa shape index (κ2) is 4.75. The van der Waals surface area contributed by atoms with Crippen molar-refractivity contribution in [3.05, 3.63) is 29.3 Å². The molecule has 1 heterocycles. The van der Waals surface area contributed by atoms with E-state index < -0.39 is 17.5 Å². The molecule has 4 nitrogen and oxygen atoms in total. The Bertz CT molecular complexity index is 540. The number of fused-ring (bicyclic) bond motifs is 1. The van der Waals surface area contributed by atoms with E-state index in [0.29, 0.717) is 30.5 Å². The number of anilines is 1. The summed E-state index contributed by atoms with van der Waals surface area (Å²) in [4.78, 5) is 13.0. The van der Waals surface area contributed by atoms with E-state index in [1.165, 1.54) is 11.0 Å². The van der Waals surface area contributed by atoms with E-state index in [-0.39, 0.29) is 5.91 Å². The lowest BCUT2D eigenvalue weighted by Gasteiger charge is -2.26. The first-order valence-electron chi connectivity index (χ1n) is 6.06. The van der Waals surface area contributed by atoms with Gasteiger partial charge in [-0.1, -0.05) is 6.07 Å². The highest BCUT2D eigenvalue weighted by Crippen LogP contribution is 2.38. The smallest absolute Gasteiger partial charge is 0.355 e. The number of aryl methyl sites for hydroxylation is 1. The number of carbonyl (C=O) groups is 1. The number of benzene rings is 1. The minimum absolute atomic E-state index is 0.119. The number of aliphatic hydroxyl groups is 2. The van der Waals surface area contributed by atoms with E-state index in [1.54, 1.807) is 7.05 Å². The molecule has 0 fully saturated rings. The van der Waals surface area contributed by atoms with Crippen LogP contribution in [0, 0.1) is 0 Å². The van der Waals surface area contributed by atoms with Gasteiger partial charge in [-0.2, -0.15) is 13.2 Å². The predicted molar refractivity (Wildman–Crippen MR) is 65.0 cm³/mol. The topological polar surface area (TPSA) is 60.8 Å². The largest absolute Gasteiger partial charge is 0.447 e. The standard InChI is InChI=1S/C13H14F3NO3/c1-17-10-6-5-9(12(19,20)13(14,15)16)7-8(10)3-2-4-11(17)18/h5-7,19-20H,2-4H2,1H3. The minimum atomic E-state index is -5.19. The fraction of sp³-hybridized carbons (Fsp3) is 0.462. The van der Waals surface area contributed by atoms with Gasteiger partial charge in [-0.3, -0.25) is 4.79 Å². The molecule has 0 spiro atoms. The number of hydrogen-bond acceptors (Lipinski definition) is 3. The molecule has 0 atom stereocenters. The van der Waals surface area contributed by atoms with Gasteiger partial charge in [0.05, 0.1) is 0 Å². The summed E-state index contributed by atoms with van der Waals surface area (Å²) >= 11 is 0. The van der Waals surface area contributed by atoms with Crippen molar-refractivity contribution in [2.45, 2.75) is 31.2 Å². The van der Waals surface area contributed by atoms with Crippen LogP contribution in [0.2, 0.25) is 0 Å². The summed E-state index contributed by atoms with van der Waals surface area (Å²) in [5, 5.41) is 18.5. The van der Waals surface area contributed by atoms with E-state index in [1.807, 2.05) is 0 Å². The Balaban J connectivity index is 2.48. The zero-order valence-electron chi connectivity index (χ0n) is 10.7. The van der Waals surface area contributed by atoms with Gasteiger partial charge in [-0.25, -0.2) is 0 Å². The van der Waals surface area contributed by atoms with E-state index in [9.17, 15) is 28.2 Å². The lowest BCUT2D eigenvalue weighted by Crippen LogP contribution is -2.42. The van der Waals surface area contributed by atoms with Gasteiger partial charge in [-0.15, -0.1) is 0 Å². The quantitative estimate of drug-likeness (QED) is 0.773. The molecule has 1 aromatic carbocycles. The van der Waals surface area contributed by atoms with Gasteiger partial charge < -0.3 is 15.1 Å². The van der Waals surface area contributed by atoms with Gasteiger partial charge in [0, 0.05) is 24.7 Å². The molecule has 7 heteroatoms. The molecule has 2 N–H and O–H groups in total. The highest BCUT2D eigenvalue weighted by atomic mass is 19.4. The van der Waals surface area contributed by atoms with E-state index >= 15 is 0 Å². The van der Waals surface area contributed by atoms with Gasteiger partial charge in [0.1, 0.15) is 0 Å². The summed E-state index contributed by atoms with van der Waals surface area (Å²) in [6, 6.07) is 3.38. The molecule has 1 aliphatic rings. The number of alkyl halides is 3. The van der Waals surface area contributed by atoms with Crippen LogP contribution in [-0.4, -0.2) is 29.3 Å². The van der Waals surface area contributed by atoms with E-state index in [2.05, 4.69) is 0 Å². The van der Waals surface area contributed by atoms with Crippen LogP contribution in [0.1, 0.15) is 24.0 Å². The number of halogens is 3. The molecular formula is C13H14F3NO3. The first-order valence-corrected chi connectivity index (χ1v) is 6.06. The number of nitrogens with zero attached hydrogens (tertiary/aromatic N) is 1. The summed E-state index contributed by atoms with van der Waals surface area (Å²) in [6.07, 6.45) is -3.96. The predicted octanol–water partition coefficient (Wildman–Crippen LogP) is 1.69. The third kappa shape index (κ3) is 2.38. The molecule has 1 aromatic rings. The second-order valence-electron chi connectivity index (χ2n) is 4.82. The van der Waals surface area contributed by atoms with Crippen molar-refractivity contribution < 1.29 is 28.2 Å². The Hall–Kier alpha value is -1.60. The second-order valence-corrected chi connectivity index (χ2v) is 4.82. The molecule has 0 saturated carbocycles. The summed E-state index contributed by atoms with van der Waals surface area (Å²) in [6.45, 7) is 0. The number of rotatable bonds is 1.